The predicted octanol–water partition coefficient (Wildman–Crippen LogP) is 14.0. The lowest BCUT2D eigenvalue weighted by atomic mass is 9.82. The van der Waals surface area contributed by atoms with Crippen molar-refractivity contribution < 1.29 is 0 Å². The standard InChI is InChI=1S/C49H36N2S/c1-49(2)43-19-11-9-17-40(43)41-30-29-39(31-44(41)49)51-45-20-12-10-18-42(45)48-46(51)32-47(52-48)35-23-27-38(28-24-35)50(36-15-7-4-8-16-36)37-25-21-34(22-26-37)33-13-5-3-6-14-33/h3-32H,1-2H3. The molecule has 52 heavy (non-hydrogen) atoms. The van der Waals surface area contributed by atoms with Gasteiger partial charge in [0.1, 0.15) is 0 Å². The lowest BCUT2D eigenvalue weighted by molar-refractivity contribution is 0.660. The molecule has 2 nitrogen and oxygen atoms in total. The quantitative estimate of drug-likeness (QED) is 0.169. The van der Waals surface area contributed by atoms with E-state index in [2.05, 4.69) is 205 Å². The molecule has 0 spiro atoms. The van der Waals surface area contributed by atoms with Crippen LogP contribution in [0, 0.1) is 0 Å². The van der Waals surface area contributed by atoms with E-state index >= 15 is 0 Å². The van der Waals surface area contributed by atoms with Crippen molar-refractivity contribution >= 4 is 49.5 Å². The van der Waals surface area contributed by atoms with Gasteiger partial charge in [0, 0.05) is 38.4 Å². The van der Waals surface area contributed by atoms with Crippen LogP contribution in [0.1, 0.15) is 25.0 Å². The SMILES string of the molecule is CC1(C)c2ccccc2-c2ccc(-n3c4ccccc4c4sc(-c5ccc(N(c6ccccc6)c6ccc(-c7ccccc7)cc6)cc5)cc43)cc21. The Balaban J connectivity index is 1.04. The molecular formula is C49H36N2S. The van der Waals surface area contributed by atoms with Crippen molar-refractivity contribution in [2.24, 2.45) is 0 Å². The highest BCUT2D eigenvalue weighted by Gasteiger charge is 2.35. The Bertz CT molecular complexity index is 2730. The Labute approximate surface area is 308 Å². The summed E-state index contributed by atoms with van der Waals surface area (Å²) in [5.41, 5.74) is 16.2. The van der Waals surface area contributed by atoms with E-state index in [0.29, 0.717) is 0 Å². The summed E-state index contributed by atoms with van der Waals surface area (Å²) in [6.07, 6.45) is 0. The Kier molecular flexibility index (Phi) is 7.06. The summed E-state index contributed by atoms with van der Waals surface area (Å²) in [6.45, 7) is 4.71. The molecule has 0 amide bonds. The van der Waals surface area contributed by atoms with Gasteiger partial charge in [0.2, 0.25) is 0 Å². The summed E-state index contributed by atoms with van der Waals surface area (Å²) in [7, 11) is 0. The number of thiophene rings is 1. The molecule has 0 bridgehead atoms. The van der Waals surface area contributed by atoms with E-state index in [0.717, 1.165) is 17.1 Å². The van der Waals surface area contributed by atoms with Gasteiger partial charge >= 0.3 is 0 Å². The first-order valence-electron chi connectivity index (χ1n) is 17.9. The molecule has 10 rings (SSSR count). The van der Waals surface area contributed by atoms with Crippen molar-refractivity contribution in [2.45, 2.75) is 19.3 Å². The van der Waals surface area contributed by atoms with Crippen molar-refractivity contribution in [2.75, 3.05) is 4.90 Å². The van der Waals surface area contributed by atoms with E-state index in [4.69, 9.17) is 0 Å². The number of para-hydroxylation sites is 2. The van der Waals surface area contributed by atoms with Crippen LogP contribution in [0.3, 0.4) is 0 Å². The van der Waals surface area contributed by atoms with Gasteiger partial charge in [-0.25, -0.2) is 0 Å². The highest BCUT2D eigenvalue weighted by molar-refractivity contribution is 7.23. The highest BCUT2D eigenvalue weighted by atomic mass is 32.1. The summed E-state index contributed by atoms with van der Waals surface area (Å²) in [4.78, 5) is 3.60. The first-order valence-corrected chi connectivity index (χ1v) is 18.8. The lowest BCUT2D eigenvalue weighted by Crippen LogP contribution is -2.15. The van der Waals surface area contributed by atoms with Crippen LogP contribution in [-0.4, -0.2) is 4.57 Å². The second-order valence-electron chi connectivity index (χ2n) is 14.2. The monoisotopic (exact) mass is 684 g/mol. The van der Waals surface area contributed by atoms with Gasteiger partial charge in [0.15, 0.2) is 0 Å². The van der Waals surface area contributed by atoms with E-state index < -0.39 is 0 Å². The van der Waals surface area contributed by atoms with Crippen molar-refractivity contribution in [1.29, 1.82) is 0 Å². The van der Waals surface area contributed by atoms with Crippen LogP contribution in [0.25, 0.3) is 59.5 Å². The molecule has 0 N–H and O–H groups in total. The van der Waals surface area contributed by atoms with Crippen LogP contribution >= 0.6 is 11.3 Å². The van der Waals surface area contributed by atoms with Crippen LogP contribution in [0.15, 0.2) is 182 Å². The fourth-order valence-electron chi connectivity index (χ4n) is 8.22. The van der Waals surface area contributed by atoms with E-state index in [-0.39, 0.29) is 5.41 Å². The smallest absolute Gasteiger partial charge is 0.0655 e. The van der Waals surface area contributed by atoms with Crippen LogP contribution in [0.4, 0.5) is 17.1 Å². The van der Waals surface area contributed by atoms with Gasteiger partial charge in [0.25, 0.3) is 0 Å². The van der Waals surface area contributed by atoms with Crippen molar-refractivity contribution in [3.8, 4) is 38.4 Å². The number of hydrogen-bond acceptors (Lipinski definition) is 2. The van der Waals surface area contributed by atoms with E-state index in [9.17, 15) is 0 Å². The Morgan fingerprint density at radius 3 is 1.79 bits per heavy atom. The Morgan fingerprint density at radius 1 is 0.462 bits per heavy atom. The van der Waals surface area contributed by atoms with Crippen LogP contribution < -0.4 is 4.90 Å². The maximum Gasteiger partial charge on any atom is 0.0655 e. The normalized spacial score (nSPS) is 13.0. The van der Waals surface area contributed by atoms with E-state index in [1.807, 2.05) is 11.3 Å². The molecule has 0 aliphatic heterocycles. The first-order chi connectivity index (χ1) is 25.5. The topological polar surface area (TPSA) is 8.17 Å². The molecule has 0 saturated carbocycles. The molecule has 3 heteroatoms. The molecule has 1 aliphatic carbocycles. The fraction of sp³-hybridized carbons (Fsp3) is 0.0612. The second kappa shape index (κ2) is 12.0. The van der Waals surface area contributed by atoms with Crippen molar-refractivity contribution in [3.05, 3.63) is 193 Å². The third-order valence-corrected chi connectivity index (χ3v) is 12.0. The molecule has 1 aliphatic rings. The number of hydrogen-bond donors (Lipinski definition) is 0. The second-order valence-corrected chi connectivity index (χ2v) is 15.3. The number of aromatic nitrogens is 1. The number of nitrogens with zero attached hydrogens (tertiary/aromatic N) is 2. The number of rotatable bonds is 6. The molecule has 9 aromatic rings. The summed E-state index contributed by atoms with van der Waals surface area (Å²) in [5, 5.41) is 1.29. The molecule has 248 valence electrons. The zero-order valence-electron chi connectivity index (χ0n) is 29.1. The third kappa shape index (κ3) is 4.85. The molecule has 0 atom stereocenters. The molecular weight excluding hydrogens is 649 g/mol. The molecule has 7 aromatic carbocycles. The zero-order valence-corrected chi connectivity index (χ0v) is 29.9. The van der Waals surface area contributed by atoms with Gasteiger partial charge in [-0.15, -0.1) is 11.3 Å². The number of anilines is 3. The largest absolute Gasteiger partial charge is 0.311 e. The molecule has 0 unspecified atom stereocenters. The number of benzene rings is 7. The number of fused-ring (bicyclic) bond motifs is 6. The summed E-state index contributed by atoms with van der Waals surface area (Å²) < 4.78 is 3.79. The Hall–Kier alpha value is -6.16. The third-order valence-electron chi connectivity index (χ3n) is 10.8. The van der Waals surface area contributed by atoms with Gasteiger partial charge in [-0.2, -0.15) is 0 Å². The van der Waals surface area contributed by atoms with Crippen molar-refractivity contribution in [3.63, 3.8) is 0 Å². The predicted molar refractivity (Wildman–Crippen MR) is 222 cm³/mol. The maximum absolute atomic E-state index is 2.47. The molecule has 0 saturated heterocycles. The summed E-state index contributed by atoms with van der Waals surface area (Å²) in [5.74, 6) is 0. The van der Waals surface area contributed by atoms with E-state index in [1.165, 1.54) is 70.6 Å². The van der Waals surface area contributed by atoms with Gasteiger partial charge in [0.05, 0.1) is 15.7 Å². The minimum absolute atomic E-state index is 0.0525. The van der Waals surface area contributed by atoms with Gasteiger partial charge < -0.3 is 9.47 Å². The molecule has 2 aromatic heterocycles. The van der Waals surface area contributed by atoms with Gasteiger partial charge in [-0.1, -0.05) is 135 Å². The molecule has 0 fully saturated rings. The molecule has 2 heterocycles. The first kappa shape index (κ1) is 30.6. The zero-order chi connectivity index (χ0) is 34.8. The summed E-state index contributed by atoms with van der Waals surface area (Å²) >= 11 is 1.88. The minimum Gasteiger partial charge on any atom is -0.311 e. The fourth-order valence-corrected chi connectivity index (χ4v) is 9.40. The van der Waals surface area contributed by atoms with Crippen LogP contribution in [0.2, 0.25) is 0 Å². The highest BCUT2D eigenvalue weighted by Crippen LogP contribution is 2.50. The minimum atomic E-state index is -0.0525. The average Bonchev–Trinajstić information content (AvgIpc) is 3.83. The Morgan fingerprint density at radius 2 is 1.04 bits per heavy atom. The van der Waals surface area contributed by atoms with Crippen LogP contribution in [-0.2, 0) is 5.41 Å². The maximum atomic E-state index is 2.47. The average molecular weight is 685 g/mol. The van der Waals surface area contributed by atoms with Crippen LogP contribution in [0.5, 0.6) is 0 Å². The lowest BCUT2D eigenvalue weighted by Gasteiger charge is -2.25. The van der Waals surface area contributed by atoms with E-state index in [1.54, 1.807) is 0 Å². The van der Waals surface area contributed by atoms with Gasteiger partial charge in [-0.3, -0.25) is 0 Å². The van der Waals surface area contributed by atoms with Gasteiger partial charge in [-0.05, 0) is 99.6 Å². The summed E-state index contributed by atoms with van der Waals surface area (Å²) in [6, 6.07) is 66.3. The van der Waals surface area contributed by atoms with Crippen molar-refractivity contribution in [1.82, 2.24) is 4.57 Å². The molecule has 0 radical (unpaired) electrons.